The van der Waals surface area contributed by atoms with Crippen LogP contribution in [0.3, 0.4) is 0 Å². The molecule has 0 fully saturated rings. The minimum absolute atomic E-state index is 0.0264. The number of likely N-dealkylation sites (N-methyl/N-ethyl adjacent to an activating group) is 1. The first kappa shape index (κ1) is 28.3. The lowest BCUT2D eigenvalue weighted by molar-refractivity contribution is -0.0493. The average Bonchev–Trinajstić information content (AvgIpc) is 2.88. The van der Waals surface area contributed by atoms with Crippen LogP contribution >= 0.6 is 11.6 Å². The van der Waals surface area contributed by atoms with Gasteiger partial charge >= 0.3 is 6.61 Å². The molecule has 4 rings (SSSR count). The van der Waals surface area contributed by atoms with Crippen LogP contribution in [0, 0.1) is 6.92 Å². The van der Waals surface area contributed by atoms with Crippen molar-refractivity contribution in [3.63, 3.8) is 0 Å². The van der Waals surface area contributed by atoms with Crippen LogP contribution in [0.2, 0.25) is 5.02 Å². The van der Waals surface area contributed by atoms with Gasteiger partial charge in [0.05, 0.1) is 34.3 Å². The van der Waals surface area contributed by atoms with E-state index in [4.69, 9.17) is 16.3 Å². The maximum Gasteiger partial charge on any atom is 0.387 e. The Kier molecular flexibility index (Phi) is 8.40. The van der Waals surface area contributed by atoms with Gasteiger partial charge in [-0.2, -0.15) is 18.9 Å². The number of sulfone groups is 1. The number of halogens is 3. The van der Waals surface area contributed by atoms with Crippen molar-refractivity contribution in [1.82, 2.24) is 15.0 Å². The van der Waals surface area contributed by atoms with Gasteiger partial charge in [0.2, 0.25) is 5.95 Å². The van der Waals surface area contributed by atoms with Crippen molar-refractivity contribution in [3.05, 3.63) is 53.2 Å². The van der Waals surface area contributed by atoms with E-state index in [2.05, 4.69) is 25.7 Å². The van der Waals surface area contributed by atoms with Gasteiger partial charge in [0.1, 0.15) is 11.4 Å². The number of para-hydroxylation sites is 1. The van der Waals surface area contributed by atoms with Crippen LogP contribution in [-0.4, -0.2) is 61.7 Å². The van der Waals surface area contributed by atoms with E-state index in [0.29, 0.717) is 18.8 Å². The predicted molar refractivity (Wildman–Crippen MR) is 149 cm³/mol. The first-order valence-corrected chi connectivity index (χ1v) is 13.9. The third-order valence-electron chi connectivity index (χ3n) is 5.93. The summed E-state index contributed by atoms with van der Waals surface area (Å²) in [4.78, 5) is 10.5. The molecule has 0 aliphatic carbocycles. The maximum absolute atomic E-state index is 13.3. The number of benzene rings is 2. The number of hydrogen-bond acceptors (Lipinski definition) is 10. The topological polar surface area (TPSA) is 112 Å². The molecule has 1 aromatic heterocycles. The fourth-order valence-corrected chi connectivity index (χ4v) is 5.15. The van der Waals surface area contributed by atoms with E-state index in [1.807, 2.05) is 18.9 Å². The number of nitrogens with one attached hydrogen (secondary N) is 2. The van der Waals surface area contributed by atoms with E-state index in [9.17, 15) is 17.2 Å². The van der Waals surface area contributed by atoms with Crippen LogP contribution in [0.1, 0.15) is 19.4 Å². The summed E-state index contributed by atoms with van der Waals surface area (Å²) < 4.78 is 57.1. The lowest BCUT2D eigenvalue weighted by Crippen LogP contribution is -2.36. The van der Waals surface area contributed by atoms with Crippen molar-refractivity contribution < 1.29 is 21.9 Å². The first-order chi connectivity index (χ1) is 18.5. The number of hydrogen-bond donors (Lipinski definition) is 2. The molecule has 2 N–H and O–H groups in total. The molecule has 0 bridgehead atoms. The Bertz CT molecular complexity index is 1490. The Hall–Kier alpha value is -3.71. The van der Waals surface area contributed by atoms with Crippen LogP contribution < -0.4 is 20.3 Å². The Balaban J connectivity index is 1.67. The van der Waals surface area contributed by atoms with Crippen LogP contribution in [0.15, 0.2) is 52.6 Å². The summed E-state index contributed by atoms with van der Waals surface area (Å²) in [5.74, 6) is 0.0387. The zero-order valence-corrected chi connectivity index (χ0v) is 23.3. The number of anilines is 5. The smallest absolute Gasteiger partial charge is 0.387 e. The molecule has 0 amide bonds. The van der Waals surface area contributed by atoms with Gasteiger partial charge in [0.25, 0.3) is 0 Å². The number of aromatic nitrogens is 2. The molecule has 0 radical (unpaired) electrons. The molecule has 14 heteroatoms. The van der Waals surface area contributed by atoms with Crippen LogP contribution in [0.25, 0.3) is 0 Å². The molecular weight excluding hydrogens is 552 g/mol. The second-order valence-corrected chi connectivity index (χ2v) is 11.9. The van der Waals surface area contributed by atoms with Gasteiger partial charge in [-0.25, -0.2) is 13.4 Å². The Labute approximate surface area is 230 Å². The molecule has 10 nitrogen and oxygen atoms in total. The van der Waals surface area contributed by atoms with Crippen molar-refractivity contribution in [2.75, 3.05) is 35.7 Å². The molecular formula is C25H28ClF2N7O3S. The van der Waals surface area contributed by atoms with E-state index in [-0.39, 0.29) is 38.8 Å². The lowest BCUT2D eigenvalue weighted by atomic mass is 10.1. The van der Waals surface area contributed by atoms with E-state index in [0.717, 1.165) is 5.56 Å². The minimum atomic E-state index is -3.61. The number of ether oxygens (including phenoxy) is 1. The van der Waals surface area contributed by atoms with E-state index < -0.39 is 21.7 Å². The highest BCUT2D eigenvalue weighted by atomic mass is 35.5. The molecule has 0 atom stereocenters. The normalized spacial score (nSPS) is 13.8. The Morgan fingerprint density at radius 2 is 1.85 bits per heavy atom. The highest BCUT2D eigenvalue weighted by Crippen LogP contribution is 2.37. The van der Waals surface area contributed by atoms with Crippen LogP contribution in [0.4, 0.5) is 37.6 Å². The molecule has 39 heavy (non-hydrogen) atoms. The highest BCUT2D eigenvalue weighted by Gasteiger charge is 2.23. The number of nitrogens with zero attached hydrogens (tertiary/aromatic N) is 5. The minimum Gasteiger partial charge on any atom is -0.433 e. The predicted octanol–water partition coefficient (Wildman–Crippen LogP) is 5.40. The summed E-state index contributed by atoms with van der Waals surface area (Å²) in [5, 5.41) is 11.4. The number of alkyl halides is 2. The summed E-state index contributed by atoms with van der Waals surface area (Å²) in [6.07, 6.45) is 2.94. The maximum atomic E-state index is 13.3. The Morgan fingerprint density at radius 1 is 1.10 bits per heavy atom. The molecule has 0 saturated heterocycles. The number of aryl methyl sites for hydroxylation is 1. The molecule has 208 valence electrons. The standard InChI is InChI=1S/C25H28ClF2N7O3S/c1-15(2)39(36,37)22-8-6-5-7-18(22)31-23-17(26)13-29-25(33-23)32-19-11-16(3)20(12-21(19)38-24(27)28)35-10-9-34(4)30-14-35/h5-8,11-15,24H,9-10H2,1-4H3,(H2,29,31,32,33). The van der Waals surface area contributed by atoms with Gasteiger partial charge in [-0.15, -0.1) is 0 Å². The van der Waals surface area contributed by atoms with Gasteiger partial charge in [-0.05, 0) is 44.5 Å². The zero-order chi connectivity index (χ0) is 28.3. The SMILES string of the molecule is Cc1cc(Nc2ncc(Cl)c(Nc3ccccc3S(=O)(=O)C(C)C)n2)c(OC(F)F)cc1N1C=NN(C)CC1. The third-order valence-corrected chi connectivity index (χ3v) is 8.42. The molecule has 0 unspecified atom stereocenters. The Morgan fingerprint density at radius 3 is 2.51 bits per heavy atom. The van der Waals surface area contributed by atoms with Crippen molar-refractivity contribution in [2.24, 2.45) is 5.10 Å². The average molecular weight is 580 g/mol. The van der Waals surface area contributed by atoms with Gasteiger partial charge in [0.15, 0.2) is 21.4 Å². The van der Waals surface area contributed by atoms with Gasteiger partial charge in [0, 0.05) is 25.3 Å². The second-order valence-electron chi connectivity index (χ2n) is 9.05. The van der Waals surface area contributed by atoms with Gasteiger partial charge in [-0.3, -0.25) is 5.01 Å². The summed E-state index contributed by atoms with van der Waals surface area (Å²) in [7, 11) is -1.76. The molecule has 2 heterocycles. The summed E-state index contributed by atoms with van der Waals surface area (Å²) in [6.45, 7) is 3.23. The highest BCUT2D eigenvalue weighted by molar-refractivity contribution is 7.92. The molecule has 2 aromatic carbocycles. The van der Waals surface area contributed by atoms with Crippen molar-refractivity contribution in [1.29, 1.82) is 0 Å². The lowest BCUT2D eigenvalue weighted by Gasteiger charge is -2.29. The van der Waals surface area contributed by atoms with E-state index in [1.54, 1.807) is 49.5 Å². The van der Waals surface area contributed by atoms with Crippen LogP contribution in [0.5, 0.6) is 5.75 Å². The summed E-state index contributed by atoms with van der Waals surface area (Å²) >= 11 is 6.31. The number of hydrazone groups is 1. The fourth-order valence-electron chi connectivity index (χ4n) is 3.81. The van der Waals surface area contributed by atoms with E-state index >= 15 is 0 Å². The zero-order valence-electron chi connectivity index (χ0n) is 21.7. The second kappa shape index (κ2) is 11.6. The summed E-state index contributed by atoms with van der Waals surface area (Å²) in [5.41, 5.74) is 1.93. The van der Waals surface area contributed by atoms with Gasteiger partial charge in [-0.1, -0.05) is 23.7 Å². The molecule has 1 aliphatic rings. The van der Waals surface area contributed by atoms with Crippen molar-refractivity contribution in [2.45, 2.75) is 37.5 Å². The monoisotopic (exact) mass is 579 g/mol. The largest absolute Gasteiger partial charge is 0.433 e. The molecule has 0 saturated carbocycles. The first-order valence-electron chi connectivity index (χ1n) is 12.0. The molecule has 0 spiro atoms. The van der Waals surface area contributed by atoms with Crippen molar-refractivity contribution in [3.8, 4) is 5.75 Å². The van der Waals surface area contributed by atoms with E-state index in [1.165, 1.54) is 18.3 Å². The van der Waals surface area contributed by atoms with Gasteiger partial charge < -0.3 is 20.3 Å². The van der Waals surface area contributed by atoms with Crippen LogP contribution in [-0.2, 0) is 9.84 Å². The third kappa shape index (κ3) is 6.48. The van der Waals surface area contributed by atoms with Crippen molar-refractivity contribution >= 4 is 56.6 Å². The fraction of sp³-hybridized carbons (Fsp3) is 0.320. The number of rotatable bonds is 9. The molecule has 3 aromatic rings. The quantitative estimate of drug-likeness (QED) is 0.344. The summed E-state index contributed by atoms with van der Waals surface area (Å²) in [6, 6.07) is 9.55. The molecule has 1 aliphatic heterocycles.